The van der Waals surface area contributed by atoms with Crippen molar-refractivity contribution in [1.82, 2.24) is 10.2 Å². The maximum Gasteiger partial charge on any atom is 0.187 e. The predicted octanol–water partition coefficient (Wildman–Crippen LogP) is 8.06. The van der Waals surface area contributed by atoms with Crippen molar-refractivity contribution in [2.24, 2.45) is 5.92 Å². The van der Waals surface area contributed by atoms with Crippen LogP contribution in [0.1, 0.15) is 65.7 Å². The summed E-state index contributed by atoms with van der Waals surface area (Å²) >= 11 is 0. The largest absolute Gasteiger partial charge is 0.382 e. The lowest BCUT2D eigenvalue weighted by atomic mass is 9.53. The molecule has 0 aromatic carbocycles. The Morgan fingerprint density at radius 2 is 1.73 bits per heavy atom. The predicted molar refractivity (Wildman–Crippen MR) is 181 cm³/mol. The highest BCUT2D eigenvalue weighted by atomic mass is 16.5. The average Bonchev–Trinajstić information content (AvgIpc) is 3.09. The van der Waals surface area contributed by atoms with E-state index in [1.165, 1.54) is 67.0 Å². The van der Waals surface area contributed by atoms with Crippen LogP contribution in [0.3, 0.4) is 0 Å². The number of nitrogens with zero attached hydrogens (tertiary/aromatic N) is 1. The topological polar surface area (TPSA) is 24.5 Å². The molecule has 2 fully saturated rings. The molecule has 41 heavy (non-hydrogen) atoms. The Morgan fingerprint density at radius 1 is 0.927 bits per heavy atom. The van der Waals surface area contributed by atoms with E-state index in [9.17, 15) is 0 Å². The number of ether oxygens (including phenoxy) is 1. The molecule has 3 aliphatic rings. The molecule has 1 aliphatic carbocycles. The van der Waals surface area contributed by atoms with Crippen LogP contribution in [0.15, 0.2) is 120 Å². The molecule has 220 valence electrons. The maximum atomic E-state index is 6.64. The third-order valence-corrected chi connectivity index (χ3v) is 8.69. The summed E-state index contributed by atoms with van der Waals surface area (Å²) in [4.78, 5) is 2.75. The van der Waals surface area contributed by atoms with Crippen LogP contribution in [-0.4, -0.2) is 50.1 Å². The van der Waals surface area contributed by atoms with Gasteiger partial charge in [-0.25, -0.2) is 0 Å². The van der Waals surface area contributed by atoms with Gasteiger partial charge in [-0.1, -0.05) is 118 Å². The summed E-state index contributed by atoms with van der Waals surface area (Å²) in [5.41, 5.74) is 6.58. The van der Waals surface area contributed by atoms with E-state index in [2.05, 4.69) is 105 Å². The van der Waals surface area contributed by atoms with E-state index >= 15 is 0 Å². The summed E-state index contributed by atoms with van der Waals surface area (Å²) in [5.74, 6) is 0.176. The normalized spacial score (nSPS) is 27.7. The van der Waals surface area contributed by atoms with E-state index in [0.717, 1.165) is 32.7 Å². The van der Waals surface area contributed by atoms with Gasteiger partial charge in [0.2, 0.25) is 0 Å². The fourth-order valence-electron chi connectivity index (χ4n) is 6.67. The zero-order valence-corrected chi connectivity index (χ0v) is 26.0. The Hall–Kier alpha value is -2.82. The molecule has 1 N–H and O–H groups in total. The molecule has 3 nitrogen and oxygen atoms in total. The molecule has 2 aliphatic heterocycles. The Balaban J connectivity index is 1.85. The second-order valence-corrected chi connectivity index (χ2v) is 11.5. The summed E-state index contributed by atoms with van der Waals surface area (Å²) in [7, 11) is 0.926. The molecule has 4 heteroatoms. The number of morpholine rings is 1. The second kappa shape index (κ2) is 17.9. The molecule has 0 aromatic rings. The number of nitrogens with one attached hydrogen (secondary N) is 1. The summed E-state index contributed by atoms with van der Waals surface area (Å²) in [5, 5.41) is 3.82. The molecule has 3 rings (SSSR count). The summed E-state index contributed by atoms with van der Waals surface area (Å²) < 4.78 is 6.64. The highest BCUT2D eigenvalue weighted by Gasteiger charge is 2.37. The monoisotopic (exact) mass is 552 g/mol. The van der Waals surface area contributed by atoms with Crippen LogP contribution in [-0.2, 0) is 4.74 Å². The molecule has 4 atom stereocenters. The van der Waals surface area contributed by atoms with Gasteiger partial charge >= 0.3 is 0 Å². The lowest BCUT2D eigenvalue weighted by molar-refractivity contribution is -0.0590. The molecule has 0 amide bonds. The van der Waals surface area contributed by atoms with Crippen molar-refractivity contribution in [3.8, 4) is 0 Å². The smallest absolute Gasteiger partial charge is 0.187 e. The lowest BCUT2D eigenvalue weighted by Crippen LogP contribution is -2.51. The molecule has 2 heterocycles. The summed E-state index contributed by atoms with van der Waals surface area (Å²) in [6.07, 6.45) is 34.0. The minimum absolute atomic E-state index is 0.0991. The molecule has 4 unspecified atom stereocenters. The van der Waals surface area contributed by atoms with Gasteiger partial charge < -0.3 is 10.1 Å². The van der Waals surface area contributed by atoms with Gasteiger partial charge in [-0.3, -0.25) is 4.90 Å². The quantitative estimate of drug-likeness (QED) is 0.207. The summed E-state index contributed by atoms with van der Waals surface area (Å²) in [6.45, 7) is 21.2. The Bertz CT molecular complexity index is 1100. The van der Waals surface area contributed by atoms with Crippen molar-refractivity contribution in [2.45, 2.75) is 83.9 Å². The van der Waals surface area contributed by atoms with Gasteiger partial charge in [-0.05, 0) is 62.8 Å². The van der Waals surface area contributed by atoms with Crippen molar-refractivity contribution in [3.63, 3.8) is 0 Å². The van der Waals surface area contributed by atoms with Crippen LogP contribution in [0, 0.1) is 5.92 Å². The first-order valence-electron chi connectivity index (χ1n) is 15.8. The first kappa shape index (κ1) is 32.7. The molecule has 1 saturated heterocycles. The highest BCUT2D eigenvalue weighted by Crippen LogP contribution is 2.38. The Morgan fingerprint density at radius 3 is 2.46 bits per heavy atom. The van der Waals surface area contributed by atoms with Crippen LogP contribution >= 0.6 is 0 Å². The van der Waals surface area contributed by atoms with E-state index in [0.29, 0.717) is 12.1 Å². The van der Waals surface area contributed by atoms with E-state index in [4.69, 9.17) is 4.74 Å². The second-order valence-electron chi connectivity index (χ2n) is 11.5. The third-order valence-electron chi connectivity index (χ3n) is 8.69. The maximum absolute atomic E-state index is 6.64. The van der Waals surface area contributed by atoms with Gasteiger partial charge in [0.1, 0.15) is 0 Å². The van der Waals surface area contributed by atoms with Crippen LogP contribution in [0.25, 0.3) is 0 Å². The van der Waals surface area contributed by atoms with Crippen molar-refractivity contribution >= 4 is 7.28 Å². The van der Waals surface area contributed by atoms with Gasteiger partial charge in [0.25, 0.3) is 0 Å². The minimum atomic E-state index is 0.0991. The molecular weight excluding hydrogens is 499 g/mol. The molecular formula is C37H53BN2O. The molecule has 0 aromatic heterocycles. The van der Waals surface area contributed by atoms with Crippen molar-refractivity contribution in [2.75, 3.05) is 19.7 Å². The third kappa shape index (κ3) is 9.62. The number of hydrogen-bond donors (Lipinski definition) is 1. The number of allylic oxidation sites excluding steroid dienone is 14. The van der Waals surface area contributed by atoms with Crippen LogP contribution in [0.5, 0.6) is 0 Å². The van der Waals surface area contributed by atoms with Crippen LogP contribution in [0.2, 0.25) is 0 Å². The van der Waals surface area contributed by atoms with Crippen molar-refractivity contribution < 1.29 is 4.74 Å². The van der Waals surface area contributed by atoms with E-state index in [-0.39, 0.29) is 12.0 Å². The Labute approximate surface area is 251 Å². The van der Waals surface area contributed by atoms with Crippen molar-refractivity contribution in [3.05, 3.63) is 120 Å². The first-order chi connectivity index (χ1) is 20.1. The molecule has 0 radical (unpaired) electrons. The van der Waals surface area contributed by atoms with Gasteiger partial charge in [-0.15, -0.1) is 0 Å². The SMILES string of the molecule is C=C/C=C\C1=C(C=C)BC(C)=C(/C=C\C=C/C)C1C1CN(C2CCCCCC(NC(/C=C\C)=C/C=C)CC2)CCO1. The highest BCUT2D eigenvalue weighted by molar-refractivity contribution is 6.55. The first-order valence-corrected chi connectivity index (χ1v) is 15.8. The zero-order chi connectivity index (χ0) is 29.5. The van der Waals surface area contributed by atoms with Gasteiger partial charge in [0.05, 0.1) is 12.7 Å². The van der Waals surface area contributed by atoms with Gasteiger partial charge in [0.15, 0.2) is 7.28 Å². The lowest BCUT2D eigenvalue weighted by Gasteiger charge is -2.43. The van der Waals surface area contributed by atoms with Crippen LogP contribution in [0.4, 0.5) is 0 Å². The van der Waals surface area contributed by atoms with E-state index in [1.807, 2.05) is 18.2 Å². The van der Waals surface area contributed by atoms with Crippen molar-refractivity contribution in [1.29, 1.82) is 0 Å². The van der Waals surface area contributed by atoms with Crippen LogP contribution < -0.4 is 5.32 Å². The van der Waals surface area contributed by atoms with E-state index < -0.39 is 0 Å². The van der Waals surface area contributed by atoms with Gasteiger partial charge in [0, 0.05) is 36.8 Å². The standard InChI is InChI=1S/C37H53BN2O/c1-7-12-15-23-33-29(6)38-35(11-5)34(22-13-8-2)37(33)36-28-40(26-27-41-36)32-21-17-14-16-20-31(24-25-32)39-30(18-9-3)19-10-4/h7-13,15,18-19,22-23,31-32,36-39H,2-3,5,14,16-17,20-21,24-28H2,1,4,6H3/b12-7-,19-10-,22-13-,23-15-,30-18+. The fourth-order valence-corrected chi connectivity index (χ4v) is 6.67. The van der Waals surface area contributed by atoms with Gasteiger partial charge in [-0.2, -0.15) is 0 Å². The fraction of sp³-hybridized carbons (Fsp3) is 0.459. The average molecular weight is 553 g/mol. The number of hydrogen-bond acceptors (Lipinski definition) is 3. The molecule has 0 bridgehead atoms. The molecule has 0 spiro atoms. The minimum Gasteiger partial charge on any atom is -0.382 e. The number of rotatable bonds is 11. The molecule has 1 saturated carbocycles. The van der Waals surface area contributed by atoms with E-state index in [1.54, 1.807) is 0 Å². The zero-order valence-electron chi connectivity index (χ0n) is 26.0. The summed E-state index contributed by atoms with van der Waals surface area (Å²) in [6, 6.07) is 1.08. The Kier molecular flexibility index (Phi) is 14.3.